The third kappa shape index (κ3) is 5.19. The molecule has 1 heterocycles. The Hall–Kier alpha value is -2.62. The van der Waals surface area contributed by atoms with Crippen LogP contribution in [0.25, 0.3) is 0 Å². The lowest BCUT2D eigenvalue weighted by molar-refractivity contribution is -0.133. The van der Waals surface area contributed by atoms with E-state index < -0.39 is 0 Å². The summed E-state index contributed by atoms with van der Waals surface area (Å²) in [6.45, 7) is 4.01. The summed E-state index contributed by atoms with van der Waals surface area (Å²) < 4.78 is 0. The summed E-state index contributed by atoms with van der Waals surface area (Å²) >= 11 is 0. The number of hydrogen-bond acceptors (Lipinski definition) is 2. The molecule has 0 spiro atoms. The third-order valence-electron chi connectivity index (χ3n) is 5.28. The molecule has 2 aromatic carbocycles. The topological polar surface area (TPSA) is 49.4 Å². The number of likely N-dealkylation sites (tertiary alicyclic amines) is 1. The maximum absolute atomic E-state index is 12.6. The molecule has 1 aliphatic heterocycles. The maximum Gasteiger partial charge on any atom is 0.222 e. The Bertz CT molecular complexity index is 773. The molecule has 0 saturated carbocycles. The van der Waals surface area contributed by atoms with Gasteiger partial charge in [-0.3, -0.25) is 9.59 Å². The molecular weight excluding hydrogens is 336 g/mol. The zero-order valence-corrected chi connectivity index (χ0v) is 16.0. The van der Waals surface area contributed by atoms with Crippen molar-refractivity contribution < 1.29 is 9.59 Å². The van der Waals surface area contributed by atoms with Gasteiger partial charge in [-0.15, -0.1) is 0 Å². The molecule has 0 aromatic heterocycles. The Morgan fingerprint density at radius 2 is 1.81 bits per heavy atom. The average Bonchev–Trinajstić information content (AvgIpc) is 2.69. The molecule has 3 rings (SSSR count). The lowest BCUT2D eigenvalue weighted by Crippen LogP contribution is -2.41. The van der Waals surface area contributed by atoms with Crippen LogP contribution in [-0.2, 0) is 9.59 Å². The number of carbonyl (C=O) groups is 2. The monoisotopic (exact) mass is 364 g/mol. The molecule has 27 heavy (non-hydrogen) atoms. The number of nitrogens with zero attached hydrogens (tertiary/aromatic N) is 1. The first kappa shape index (κ1) is 19.2. The standard InChI is InChI=1S/C23H28N2O2/c1-18-9-5-6-12-20(18)21(19-10-3-2-4-11-19)17-22(26)24-14-16-25-15-8-7-13-23(25)27/h2-6,9-12,21H,7-8,13-17H2,1H3,(H,24,26). The van der Waals surface area contributed by atoms with Gasteiger partial charge in [0.15, 0.2) is 0 Å². The minimum atomic E-state index is 0.0246. The Kier molecular flexibility index (Phi) is 6.64. The van der Waals surface area contributed by atoms with Crippen molar-refractivity contribution >= 4 is 11.8 Å². The number of carbonyl (C=O) groups excluding carboxylic acids is 2. The van der Waals surface area contributed by atoms with Crippen molar-refractivity contribution in [3.05, 3.63) is 71.3 Å². The van der Waals surface area contributed by atoms with E-state index in [-0.39, 0.29) is 17.7 Å². The SMILES string of the molecule is Cc1ccccc1C(CC(=O)NCCN1CCCCC1=O)c1ccccc1. The molecule has 0 radical (unpaired) electrons. The van der Waals surface area contributed by atoms with E-state index in [2.05, 4.69) is 36.5 Å². The van der Waals surface area contributed by atoms with E-state index in [1.54, 1.807) is 0 Å². The number of aryl methyl sites for hydroxylation is 1. The molecule has 1 saturated heterocycles. The predicted octanol–water partition coefficient (Wildman–Crippen LogP) is 3.65. The second kappa shape index (κ2) is 9.36. The highest BCUT2D eigenvalue weighted by molar-refractivity contribution is 5.78. The van der Waals surface area contributed by atoms with Gasteiger partial charge in [-0.1, -0.05) is 54.6 Å². The second-order valence-electron chi connectivity index (χ2n) is 7.21. The van der Waals surface area contributed by atoms with Crippen LogP contribution in [0.3, 0.4) is 0 Å². The molecule has 4 heteroatoms. The number of piperidine rings is 1. The summed E-state index contributed by atoms with van der Waals surface area (Å²) in [4.78, 5) is 26.3. The van der Waals surface area contributed by atoms with Gasteiger partial charge in [0.1, 0.15) is 0 Å². The fraction of sp³-hybridized carbons (Fsp3) is 0.391. The minimum Gasteiger partial charge on any atom is -0.354 e. The van der Waals surface area contributed by atoms with Gasteiger partial charge < -0.3 is 10.2 Å². The molecule has 1 aliphatic rings. The largest absolute Gasteiger partial charge is 0.354 e. The fourth-order valence-electron chi connectivity index (χ4n) is 3.76. The van der Waals surface area contributed by atoms with Gasteiger partial charge in [0.05, 0.1) is 0 Å². The average molecular weight is 364 g/mol. The normalized spacial score (nSPS) is 15.4. The molecule has 142 valence electrons. The first-order valence-corrected chi connectivity index (χ1v) is 9.80. The van der Waals surface area contributed by atoms with E-state index >= 15 is 0 Å². The molecule has 2 amide bonds. The van der Waals surface area contributed by atoms with E-state index in [0.29, 0.717) is 25.9 Å². The number of benzene rings is 2. The molecule has 1 unspecified atom stereocenters. The Morgan fingerprint density at radius 1 is 1.07 bits per heavy atom. The van der Waals surface area contributed by atoms with Gasteiger partial charge in [-0.05, 0) is 36.5 Å². The van der Waals surface area contributed by atoms with Crippen LogP contribution in [0.1, 0.15) is 48.3 Å². The van der Waals surface area contributed by atoms with Crippen LogP contribution in [-0.4, -0.2) is 36.3 Å². The first-order valence-electron chi connectivity index (χ1n) is 9.80. The lowest BCUT2D eigenvalue weighted by atomic mass is 9.86. The highest BCUT2D eigenvalue weighted by Gasteiger charge is 2.21. The van der Waals surface area contributed by atoms with Crippen LogP contribution >= 0.6 is 0 Å². The van der Waals surface area contributed by atoms with E-state index in [9.17, 15) is 9.59 Å². The maximum atomic E-state index is 12.6. The van der Waals surface area contributed by atoms with Gasteiger partial charge in [0.25, 0.3) is 0 Å². The van der Waals surface area contributed by atoms with Crippen molar-refractivity contribution in [2.45, 2.75) is 38.5 Å². The predicted molar refractivity (Wildman–Crippen MR) is 108 cm³/mol. The Balaban J connectivity index is 1.63. The van der Waals surface area contributed by atoms with Crippen LogP contribution in [0.4, 0.5) is 0 Å². The lowest BCUT2D eigenvalue weighted by Gasteiger charge is -2.27. The van der Waals surface area contributed by atoms with Crippen molar-refractivity contribution in [1.29, 1.82) is 0 Å². The number of hydrogen-bond donors (Lipinski definition) is 1. The van der Waals surface area contributed by atoms with E-state index in [1.165, 1.54) is 11.1 Å². The van der Waals surface area contributed by atoms with Gasteiger partial charge in [-0.25, -0.2) is 0 Å². The van der Waals surface area contributed by atoms with E-state index in [4.69, 9.17) is 0 Å². The fourth-order valence-corrected chi connectivity index (χ4v) is 3.76. The van der Waals surface area contributed by atoms with E-state index in [1.807, 2.05) is 35.2 Å². The zero-order chi connectivity index (χ0) is 19.1. The van der Waals surface area contributed by atoms with Crippen LogP contribution in [0.5, 0.6) is 0 Å². The van der Waals surface area contributed by atoms with Crippen LogP contribution in [0, 0.1) is 6.92 Å². The van der Waals surface area contributed by atoms with Crippen molar-refractivity contribution in [1.82, 2.24) is 10.2 Å². The van der Waals surface area contributed by atoms with Crippen molar-refractivity contribution in [2.75, 3.05) is 19.6 Å². The molecule has 1 fully saturated rings. The van der Waals surface area contributed by atoms with Gasteiger partial charge in [0.2, 0.25) is 11.8 Å². The first-order chi connectivity index (χ1) is 13.1. The highest BCUT2D eigenvalue weighted by atomic mass is 16.2. The molecule has 1 N–H and O–H groups in total. The number of rotatable bonds is 7. The zero-order valence-electron chi connectivity index (χ0n) is 16.0. The summed E-state index contributed by atoms with van der Waals surface area (Å²) in [5.41, 5.74) is 3.52. The van der Waals surface area contributed by atoms with Crippen LogP contribution < -0.4 is 5.32 Å². The van der Waals surface area contributed by atoms with Crippen molar-refractivity contribution in [2.24, 2.45) is 0 Å². The Morgan fingerprint density at radius 3 is 2.56 bits per heavy atom. The van der Waals surface area contributed by atoms with E-state index in [0.717, 1.165) is 24.9 Å². The molecule has 2 aromatic rings. The van der Waals surface area contributed by atoms with Crippen LogP contribution in [0.15, 0.2) is 54.6 Å². The van der Waals surface area contributed by atoms with Crippen molar-refractivity contribution in [3.8, 4) is 0 Å². The number of nitrogens with one attached hydrogen (secondary N) is 1. The summed E-state index contributed by atoms with van der Waals surface area (Å²) in [5, 5.41) is 3.01. The third-order valence-corrected chi connectivity index (χ3v) is 5.28. The summed E-state index contributed by atoms with van der Waals surface area (Å²) in [6.07, 6.45) is 3.08. The molecular formula is C23H28N2O2. The van der Waals surface area contributed by atoms with Crippen LogP contribution in [0.2, 0.25) is 0 Å². The highest BCUT2D eigenvalue weighted by Crippen LogP contribution is 2.30. The van der Waals surface area contributed by atoms with Gasteiger partial charge in [-0.2, -0.15) is 0 Å². The quantitative estimate of drug-likeness (QED) is 0.815. The molecule has 0 aliphatic carbocycles. The molecule has 1 atom stereocenters. The van der Waals surface area contributed by atoms with Crippen molar-refractivity contribution in [3.63, 3.8) is 0 Å². The summed E-state index contributed by atoms with van der Waals surface area (Å²) in [7, 11) is 0. The summed E-state index contributed by atoms with van der Waals surface area (Å²) in [6, 6.07) is 18.4. The molecule has 0 bridgehead atoms. The number of amides is 2. The Labute approximate surface area is 161 Å². The van der Waals surface area contributed by atoms with Gasteiger partial charge in [0, 0.05) is 38.4 Å². The minimum absolute atomic E-state index is 0.0246. The second-order valence-corrected chi connectivity index (χ2v) is 7.21. The smallest absolute Gasteiger partial charge is 0.222 e. The summed E-state index contributed by atoms with van der Waals surface area (Å²) in [5.74, 6) is 0.262. The molecule has 4 nitrogen and oxygen atoms in total. The van der Waals surface area contributed by atoms with Gasteiger partial charge >= 0.3 is 0 Å².